The molecule has 2 atom stereocenters. The first-order valence-electron chi connectivity index (χ1n) is 8.27. The minimum absolute atomic E-state index is 0.0363. The van der Waals surface area contributed by atoms with Crippen molar-refractivity contribution in [3.63, 3.8) is 0 Å². The van der Waals surface area contributed by atoms with E-state index in [0.717, 1.165) is 37.1 Å². The van der Waals surface area contributed by atoms with Gasteiger partial charge in [0.1, 0.15) is 0 Å². The van der Waals surface area contributed by atoms with Crippen LogP contribution in [-0.4, -0.2) is 39.8 Å². The molecule has 1 aromatic carbocycles. The fraction of sp³-hybridized carbons (Fsp3) is 0.556. The SMILES string of the molecule is Cc1ccccc1-c1noc(C(C)N2CCCC(C)(CO)C2)n1. The van der Waals surface area contributed by atoms with Crippen molar-refractivity contribution in [3.8, 4) is 11.4 Å². The van der Waals surface area contributed by atoms with Crippen molar-refractivity contribution in [2.24, 2.45) is 5.41 Å². The van der Waals surface area contributed by atoms with Crippen LogP contribution in [0.5, 0.6) is 0 Å². The third kappa shape index (κ3) is 3.31. The van der Waals surface area contributed by atoms with Crippen molar-refractivity contribution >= 4 is 0 Å². The summed E-state index contributed by atoms with van der Waals surface area (Å²) in [4.78, 5) is 6.94. The minimum Gasteiger partial charge on any atom is -0.396 e. The number of aliphatic hydroxyl groups excluding tert-OH is 1. The Morgan fingerprint density at radius 2 is 2.17 bits per heavy atom. The molecule has 1 aromatic heterocycles. The lowest BCUT2D eigenvalue weighted by Gasteiger charge is -2.41. The number of hydrogen-bond donors (Lipinski definition) is 1. The van der Waals surface area contributed by atoms with E-state index in [0.29, 0.717) is 11.7 Å². The molecule has 23 heavy (non-hydrogen) atoms. The van der Waals surface area contributed by atoms with Gasteiger partial charge in [0.05, 0.1) is 6.04 Å². The second-order valence-corrected chi connectivity index (χ2v) is 6.99. The molecular formula is C18H25N3O2. The van der Waals surface area contributed by atoms with Crippen LogP contribution in [0.25, 0.3) is 11.4 Å². The Hall–Kier alpha value is -1.72. The van der Waals surface area contributed by atoms with E-state index in [9.17, 15) is 5.11 Å². The smallest absolute Gasteiger partial charge is 0.244 e. The topological polar surface area (TPSA) is 62.4 Å². The second kappa shape index (κ2) is 6.42. The van der Waals surface area contributed by atoms with Crippen LogP contribution in [0, 0.1) is 12.3 Å². The number of hydrogen-bond acceptors (Lipinski definition) is 5. The molecule has 124 valence electrons. The predicted octanol–water partition coefficient (Wildman–Crippen LogP) is 3.20. The summed E-state index contributed by atoms with van der Waals surface area (Å²) in [5.41, 5.74) is 2.11. The Morgan fingerprint density at radius 3 is 2.91 bits per heavy atom. The number of piperidine rings is 1. The van der Waals surface area contributed by atoms with Crippen LogP contribution in [0.2, 0.25) is 0 Å². The van der Waals surface area contributed by atoms with Crippen LogP contribution in [0.4, 0.5) is 0 Å². The van der Waals surface area contributed by atoms with Crippen molar-refractivity contribution in [3.05, 3.63) is 35.7 Å². The monoisotopic (exact) mass is 315 g/mol. The van der Waals surface area contributed by atoms with Gasteiger partial charge in [-0.15, -0.1) is 0 Å². The molecule has 0 spiro atoms. The molecule has 1 aliphatic heterocycles. The molecule has 2 unspecified atom stereocenters. The van der Waals surface area contributed by atoms with Crippen molar-refractivity contribution in [1.29, 1.82) is 0 Å². The van der Waals surface area contributed by atoms with E-state index in [-0.39, 0.29) is 18.1 Å². The molecule has 1 aliphatic rings. The molecule has 0 radical (unpaired) electrons. The van der Waals surface area contributed by atoms with Gasteiger partial charge in [-0.05, 0) is 38.8 Å². The lowest BCUT2D eigenvalue weighted by Crippen LogP contribution is -2.44. The van der Waals surface area contributed by atoms with Crippen molar-refractivity contribution in [2.75, 3.05) is 19.7 Å². The summed E-state index contributed by atoms with van der Waals surface area (Å²) in [7, 11) is 0. The molecule has 0 aliphatic carbocycles. The van der Waals surface area contributed by atoms with Crippen LogP contribution >= 0.6 is 0 Å². The maximum atomic E-state index is 9.63. The van der Waals surface area contributed by atoms with E-state index in [2.05, 4.69) is 28.9 Å². The summed E-state index contributed by atoms with van der Waals surface area (Å²) in [5, 5.41) is 13.8. The van der Waals surface area contributed by atoms with Crippen LogP contribution in [0.15, 0.2) is 28.8 Å². The number of benzene rings is 1. The first-order chi connectivity index (χ1) is 11.0. The van der Waals surface area contributed by atoms with Gasteiger partial charge in [-0.3, -0.25) is 4.90 Å². The average Bonchev–Trinajstić information content (AvgIpc) is 3.04. The van der Waals surface area contributed by atoms with Crippen LogP contribution < -0.4 is 0 Å². The Balaban J connectivity index is 1.79. The Kier molecular flexibility index (Phi) is 4.50. The molecule has 2 heterocycles. The molecule has 3 rings (SSSR count). The van der Waals surface area contributed by atoms with E-state index >= 15 is 0 Å². The third-order valence-corrected chi connectivity index (χ3v) is 4.93. The zero-order valence-electron chi connectivity index (χ0n) is 14.1. The molecule has 0 saturated carbocycles. The molecular weight excluding hydrogens is 290 g/mol. The summed E-state index contributed by atoms with van der Waals surface area (Å²) < 4.78 is 5.53. The molecule has 1 N–H and O–H groups in total. The van der Waals surface area contributed by atoms with Crippen LogP contribution in [0.3, 0.4) is 0 Å². The Bertz CT molecular complexity index is 670. The van der Waals surface area contributed by atoms with Gasteiger partial charge in [0.15, 0.2) is 0 Å². The van der Waals surface area contributed by atoms with E-state index in [1.54, 1.807) is 0 Å². The van der Waals surface area contributed by atoms with Gasteiger partial charge in [0.25, 0.3) is 0 Å². The van der Waals surface area contributed by atoms with E-state index < -0.39 is 0 Å². The summed E-state index contributed by atoms with van der Waals surface area (Å²) in [6.45, 7) is 8.35. The van der Waals surface area contributed by atoms with Gasteiger partial charge in [0.2, 0.25) is 11.7 Å². The maximum Gasteiger partial charge on any atom is 0.244 e. The van der Waals surface area contributed by atoms with Gasteiger partial charge in [-0.1, -0.05) is 36.3 Å². The average molecular weight is 315 g/mol. The van der Waals surface area contributed by atoms with Gasteiger partial charge in [-0.2, -0.15) is 4.98 Å². The number of nitrogens with zero attached hydrogens (tertiary/aromatic N) is 3. The number of aliphatic hydroxyl groups is 1. The number of aromatic nitrogens is 2. The second-order valence-electron chi connectivity index (χ2n) is 6.99. The van der Waals surface area contributed by atoms with Gasteiger partial charge in [0, 0.05) is 24.1 Å². The third-order valence-electron chi connectivity index (χ3n) is 4.93. The van der Waals surface area contributed by atoms with Crippen molar-refractivity contribution < 1.29 is 9.63 Å². The molecule has 2 aromatic rings. The van der Waals surface area contributed by atoms with Gasteiger partial charge < -0.3 is 9.63 Å². The molecule has 5 heteroatoms. The van der Waals surface area contributed by atoms with Gasteiger partial charge >= 0.3 is 0 Å². The van der Waals surface area contributed by atoms with Crippen molar-refractivity contribution in [2.45, 2.75) is 39.7 Å². The summed E-state index contributed by atoms with van der Waals surface area (Å²) in [6, 6.07) is 8.11. The number of aryl methyl sites for hydroxylation is 1. The lowest BCUT2D eigenvalue weighted by molar-refractivity contribution is 0.0211. The van der Waals surface area contributed by atoms with E-state index in [1.807, 2.05) is 31.2 Å². The molecule has 0 bridgehead atoms. The predicted molar refractivity (Wildman–Crippen MR) is 88.9 cm³/mol. The highest BCUT2D eigenvalue weighted by Gasteiger charge is 2.34. The summed E-state index contributed by atoms with van der Waals surface area (Å²) in [5.74, 6) is 1.29. The van der Waals surface area contributed by atoms with E-state index in [1.165, 1.54) is 0 Å². The zero-order chi connectivity index (χ0) is 16.4. The molecule has 0 amide bonds. The highest BCUT2D eigenvalue weighted by Crippen LogP contribution is 2.33. The molecule has 1 saturated heterocycles. The van der Waals surface area contributed by atoms with E-state index in [4.69, 9.17) is 4.52 Å². The minimum atomic E-state index is -0.0363. The quantitative estimate of drug-likeness (QED) is 0.938. The molecule has 5 nitrogen and oxygen atoms in total. The number of likely N-dealkylation sites (tertiary alicyclic amines) is 1. The fourth-order valence-electron chi connectivity index (χ4n) is 3.31. The Morgan fingerprint density at radius 1 is 1.39 bits per heavy atom. The highest BCUT2D eigenvalue weighted by atomic mass is 16.5. The first kappa shape index (κ1) is 16.1. The van der Waals surface area contributed by atoms with Gasteiger partial charge in [-0.25, -0.2) is 0 Å². The maximum absolute atomic E-state index is 9.63. The number of rotatable bonds is 4. The summed E-state index contributed by atoms with van der Waals surface area (Å²) >= 11 is 0. The highest BCUT2D eigenvalue weighted by molar-refractivity contribution is 5.58. The lowest BCUT2D eigenvalue weighted by atomic mass is 9.82. The first-order valence-corrected chi connectivity index (χ1v) is 8.27. The normalized spacial score (nSPS) is 23.8. The largest absolute Gasteiger partial charge is 0.396 e. The van der Waals surface area contributed by atoms with Crippen molar-refractivity contribution in [1.82, 2.24) is 15.0 Å². The Labute approximate surface area is 137 Å². The zero-order valence-corrected chi connectivity index (χ0v) is 14.1. The molecule has 1 fully saturated rings. The van der Waals surface area contributed by atoms with Crippen LogP contribution in [-0.2, 0) is 0 Å². The standard InChI is InChI=1S/C18H25N3O2/c1-13-7-4-5-8-15(13)16-19-17(23-20-16)14(2)21-10-6-9-18(3,11-21)12-22/h4-5,7-8,14,22H,6,9-12H2,1-3H3. The van der Waals surface area contributed by atoms with Crippen LogP contribution in [0.1, 0.15) is 44.2 Å². The fourth-order valence-corrected chi connectivity index (χ4v) is 3.31. The summed E-state index contributed by atoms with van der Waals surface area (Å²) in [6.07, 6.45) is 2.14.